The molecular weight excluding hydrogens is 288 g/mol. The molecule has 21 heavy (non-hydrogen) atoms. The summed E-state index contributed by atoms with van der Waals surface area (Å²) in [7, 11) is -2.15. The molecule has 112 valence electrons. The Morgan fingerprint density at radius 3 is 2.48 bits per heavy atom. The van der Waals surface area contributed by atoms with Crippen molar-refractivity contribution >= 4 is 15.7 Å². The molecule has 0 atom stereocenters. The minimum atomic E-state index is -3.51. The van der Waals surface area contributed by atoms with Crippen molar-refractivity contribution in [1.82, 2.24) is 4.72 Å². The highest BCUT2D eigenvalue weighted by Crippen LogP contribution is 2.31. The highest BCUT2D eigenvalue weighted by molar-refractivity contribution is 7.89. The van der Waals surface area contributed by atoms with Gasteiger partial charge in [-0.05, 0) is 43.3 Å². The average Bonchev–Trinajstić information content (AvgIpc) is 2.49. The number of benzene rings is 2. The van der Waals surface area contributed by atoms with Gasteiger partial charge in [0.2, 0.25) is 10.0 Å². The Bertz CT molecular complexity index is 742. The summed E-state index contributed by atoms with van der Waals surface area (Å²) < 4.78 is 31.5. The van der Waals surface area contributed by atoms with E-state index in [1.54, 1.807) is 6.07 Å². The molecule has 3 N–H and O–H groups in total. The van der Waals surface area contributed by atoms with Crippen molar-refractivity contribution in [3.05, 3.63) is 48.0 Å². The van der Waals surface area contributed by atoms with Crippen molar-refractivity contribution in [1.29, 1.82) is 0 Å². The highest BCUT2D eigenvalue weighted by Gasteiger charge is 2.14. The average molecular weight is 306 g/mol. The Kier molecular flexibility index (Phi) is 4.50. The van der Waals surface area contributed by atoms with Crippen molar-refractivity contribution in [3.8, 4) is 11.5 Å². The fourth-order valence-electron chi connectivity index (χ4n) is 1.92. The van der Waals surface area contributed by atoms with Crippen LogP contribution >= 0.6 is 0 Å². The molecule has 0 heterocycles. The molecule has 0 aliphatic rings. The van der Waals surface area contributed by atoms with Crippen molar-refractivity contribution in [2.75, 3.05) is 12.8 Å². The summed E-state index contributed by atoms with van der Waals surface area (Å²) in [6.07, 6.45) is 0.836. The molecule has 0 amide bonds. The number of hydrogen-bond donors (Lipinski definition) is 2. The van der Waals surface area contributed by atoms with Gasteiger partial charge in [-0.1, -0.05) is 25.1 Å². The molecule has 0 aliphatic heterocycles. The third-order valence-electron chi connectivity index (χ3n) is 3.13. The summed E-state index contributed by atoms with van der Waals surface area (Å²) in [6.45, 7) is 2.04. The first-order valence-corrected chi connectivity index (χ1v) is 8.05. The van der Waals surface area contributed by atoms with E-state index in [0.29, 0.717) is 5.75 Å². The van der Waals surface area contributed by atoms with Crippen LogP contribution in [0.2, 0.25) is 0 Å². The van der Waals surface area contributed by atoms with E-state index in [2.05, 4.69) is 4.72 Å². The molecule has 2 rings (SSSR count). The summed E-state index contributed by atoms with van der Waals surface area (Å²) in [6, 6.07) is 12.1. The predicted molar refractivity (Wildman–Crippen MR) is 83.0 cm³/mol. The Labute approximate surface area is 124 Å². The maximum Gasteiger partial charge on any atom is 0.240 e. The molecule has 0 spiro atoms. The summed E-state index contributed by atoms with van der Waals surface area (Å²) in [5, 5.41) is 0. The van der Waals surface area contributed by atoms with Gasteiger partial charge >= 0.3 is 0 Å². The lowest BCUT2D eigenvalue weighted by Crippen LogP contribution is -2.18. The normalized spacial score (nSPS) is 11.3. The van der Waals surface area contributed by atoms with Crippen molar-refractivity contribution < 1.29 is 13.2 Å². The van der Waals surface area contributed by atoms with Gasteiger partial charge in [-0.3, -0.25) is 0 Å². The molecule has 0 aromatic heterocycles. The molecule has 0 saturated heterocycles. The molecule has 0 bridgehead atoms. The first kappa shape index (κ1) is 15.3. The molecular formula is C15H18N2O3S. The number of anilines is 1. The molecule has 0 fully saturated rings. The number of nitrogens with two attached hydrogens (primary N) is 1. The Hall–Kier alpha value is -2.05. The summed E-state index contributed by atoms with van der Waals surface area (Å²) in [5.41, 5.74) is 7.23. The summed E-state index contributed by atoms with van der Waals surface area (Å²) in [4.78, 5) is 0.110. The van der Waals surface area contributed by atoms with Gasteiger partial charge in [0.1, 0.15) is 11.5 Å². The second-order valence-electron chi connectivity index (χ2n) is 4.47. The number of nitrogens with one attached hydrogen (secondary N) is 1. The summed E-state index contributed by atoms with van der Waals surface area (Å²) in [5.74, 6) is 1.15. The van der Waals surface area contributed by atoms with E-state index < -0.39 is 10.0 Å². The minimum Gasteiger partial charge on any atom is -0.455 e. The number of para-hydroxylation sites is 1. The first-order valence-electron chi connectivity index (χ1n) is 6.56. The van der Waals surface area contributed by atoms with Gasteiger partial charge < -0.3 is 10.5 Å². The van der Waals surface area contributed by atoms with Gasteiger partial charge in [-0.25, -0.2) is 13.1 Å². The number of ether oxygens (including phenoxy) is 1. The highest BCUT2D eigenvalue weighted by atomic mass is 32.2. The van der Waals surface area contributed by atoms with E-state index in [1.165, 1.54) is 19.2 Å². The van der Waals surface area contributed by atoms with Crippen LogP contribution in [0.3, 0.4) is 0 Å². The SMILES string of the molecule is CCc1ccccc1Oc1ccc(S(=O)(=O)NC)cc1N. The van der Waals surface area contributed by atoms with E-state index in [-0.39, 0.29) is 10.6 Å². The largest absolute Gasteiger partial charge is 0.455 e. The van der Waals surface area contributed by atoms with Crippen LogP contribution < -0.4 is 15.2 Å². The minimum absolute atomic E-state index is 0.110. The fourth-order valence-corrected chi connectivity index (χ4v) is 2.68. The molecule has 0 aliphatic carbocycles. The van der Waals surface area contributed by atoms with Gasteiger partial charge in [0.15, 0.2) is 0 Å². The number of nitrogen functional groups attached to an aromatic ring is 1. The summed E-state index contributed by atoms with van der Waals surface area (Å²) >= 11 is 0. The van der Waals surface area contributed by atoms with Crippen LogP contribution in [0.1, 0.15) is 12.5 Å². The van der Waals surface area contributed by atoms with Crippen molar-refractivity contribution in [2.24, 2.45) is 0 Å². The number of aryl methyl sites for hydroxylation is 1. The van der Waals surface area contributed by atoms with Crippen LogP contribution in [0, 0.1) is 0 Å². The van der Waals surface area contributed by atoms with Crippen LogP contribution in [0.4, 0.5) is 5.69 Å². The zero-order valence-corrected chi connectivity index (χ0v) is 12.8. The number of rotatable bonds is 5. The van der Waals surface area contributed by atoms with Crippen LogP contribution in [-0.2, 0) is 16.4 Å². The van der Waals surface area contributed by atoms with Gasteiger partial charge in [0.25, 0.3) is 0 Å². The third-order valence-corrected chi connectivity index (χ3v) is 4.55. The van der Waals surface area contributed by atoms with Gasteiger partial charge in [0, 0.05) is 0 Å². The van der Waals surface area contributed by atoms with Crippen LogP contribution in [0.15, 0.2) is 47.4 Å². The van der Waals surface area contributed by atoms with E-state index in [9.17, 15) is 8.42 Å². The molecule has 0 saturated carbocycles. The fraction of sp³-hybridized carbons (Fsp3) is 0.200. The third kappa shape index (κ3) is 3.34. The maximum absolute atomic E-state index is 11.7. The van der Waals surface area contributed by atoms with E-state index >= 15 is 0 Å². The van der Waals surface area contributed by atoms with Crippen molar-refractivity contribution in [2.45, 2.75) is 18.2 Å². The topological polar surface area (TPSA) is 81.4 Å². The van der Waals surface area contributed by atoms with E-state index in [1.807, 2.05) is 31.2 Å². The van der Waals surface area contributed by atoms with Crippen molar-refractivity contribution in [3.63, 3.8) is 0 Å². The molecule has 0 unspecified atom stereocenters. The Morgan fingerprint density at radius 2 is 1.86 bits per heavy atom. The van der Waals surface area contributed by atoms with E-state index in [4.69, 9.17) is 10.5 Å². The smallest absolute Gasteiger partial charge is 0.240 e. The zero-order chi connectivity index (χ0) is 15.5. The Morgan fingerprint density at radius 1 is 1.14 bits per heavy atom. The van der Waals surface area contributed by atoms with Gasteiger partial charge in [-0.15, -0.1) is 0 Å². The maximum atomic E-state index is 11.7. The lowest BCUT2D eigenvalue weighted by Gasteiger charge is -2.12. The van der Waals surface area contributed by atoms with Crippen LogP contribution in [0.5, 0.6) is 11.5 Å². The second kappa shape index (κ2) is 6.15. The number of hydrogen-bond acceptors (Lipinski definition) is 4. The standard InChI is InChI=1S/C15H18N2O3S/c1-3-11-6-4-5-7-14(11)20-15-9-8-12(10-13(15)16)21(18,19)17-2/h4-10,17H,3,16H2,1-2H3. The first-order chi connectivity index (χ1) is 9.97. The van der Waals surface area contributed by atoms with E-state index in [0.717, 1.165) is 17.7 Å². The van der Waals surface area contributed by atoms with Crippen LogP contribution in [-0.4, -0.2) is 15.5 Å². The lowest BCUT2D eigenvalue weighted by molar-refractivity contribution is 0.478. The quantitative estimate of drug-likeness (QED) is 0.832. The Balaban J connectivity index is 2.34. The number of sulfonamides is 1. The lowest BCUT2D eigenvalue weighted by atomic mass is 10.1. The van der Waals surface area contributed by atoms with Gasteiger partial charge in [-0.2, -0.15) is 0 Å². The van der Waals surface area contributed by atoms with Crippen LogP contribution in [0.25, 0.3) is 0 Å². The monoisotopic (exact) mass is 306 g/mol. The molecule has 0 radical (unpaired) electrons. The second-order valence-corrected chi connectivity index (χ2v) is 6.36. The molecule has 2 aromatic rings. The zero-order valence-electron chi connectivity index (χ0n) is 12.0. The van der Waals surface area contributed by atoms with Gasteiger partial charge in [0.05, 0.1) is 10.6 Å². The molecule has 6 heteroatoms. The molecule has 2 aromatic carbocycles. The predicted octanol–water partition coefficient (Wildman–Crippen LogP) is 2.53. The molecule has 5 nitrogen and oxygen atoms in total.